The number of nitrogens with one attached hydrogen (secondary N) is 1. The van der Waals surface area contributed by atoms with Gasteiger partial charge in [-0.1, -0.05) is 83.4 Å². The summed E-state index contributed by atoms with van der Waals surface area (Å²) in [6.45, 7) is 4.36. The summed E-state index contributed by atoms with van der Waals surface area (Å²) in [7, 11) is 0. The van der Waals surface area contributed by atoms with E-state index >= 15 is 0 Å². The summed E-state index contributed by atoms with van der Waals surface area (Å²) in [4.78, 5) is 12.5. The van der Waals surface area contributed by atoms with Gasteiger partial charge in [0.25, 0.3) is 0 Å². The van der Waals surface area contributed by atoms with Crippen LogP contribution in [-0.2, 0) is 17.8 Å². The lowest BCUT2D eigenvalue weighted by Crippen LogP contribution is -2.20. The summed E-state index contributed by atoms with van der Waals surface area (Å²) in [5.74, 6) is 0.471. The lowest BCUT2D eigenvalue weighted by atomic mass is 10.0. The first kappa shape index (κ1) is 23.8. The highest BCUT2D eigenvalue weighted by molar-refractivity contribution is 6.42. The predicted molar refractivity (Wildman–Crippen MR) is 140 cm³/mol. The number of benzene rings is 4. The Kier molecular flexibility index (Phi) is 7.51. The van der Waals surface area contributed by atoms with Gasteiger partial charge in [0, 0.05) is 5.56 Å². The Morgan fingerprint density at radius 2 is 1.79 bits per heavy atom. The van der Waals surface area contributed by atoms with Crippen LogP contribution >= 0.6 is 23.2 Å². The quantitative estimate of drug-likeness (QED) is 0.223. The fourth-order valence-electron chi connectivity index (χ4n) is 3.75. The van der Waals surface area contributed by atoms with Gasteiger partial charge in [-0.25, -0.2) is 5.43 Å². The molecule has 0 fully saturated rings. The number of amides is 1. The highest BCUT2D eigenvalue weighted by Crippen LogP contribution is 2.28. The Labute approximate surface area is 209 Å². The Hall–Kier alpha value is -3.34. The van der Waals surface area contributed by atoms with E-state index in [0.29, 0.717) is 22.4 Å². The third kappa shape index (κ3) is 5.77. The van der Waals surface area contributed by atoms with Crippen LogP contribution < -0.4 is 10.2 Å². The van der Waals surface area contributed by atoms with Gasteiger partial charge in [-0.2, -0.15) is 5.10 Å². The molecule has 0 aliphatic heterocycles. The van der Waals surface area contributed by atoms with Crippen molar-refractivity contribution < 1.29 is 9.53 Å². The molecule has 6 heteroatoms. The molecule has 0 bridgehead atoms. The molecule has 34 heavy (non-hydrogen) atoms. The van der Waals surface area contributed by atoms with Crippen LogP contribution in [0.3, 0.4) is 0 Å². The first-order valence-corrected chi connectivity index (χ1v) is 11.6. The maximum Gasteiger partial charge on any atom is 0.244 e. The zero-order chi connectivity index (χ0) is 24.1. The van der Waals surface area contributed by atoms with Gasteiger partial charge in [0.15, 0.2) is 0 Å². The average molecular weight is 491 g/mol. The zero-order valence-electron chi connectivity index (χ0n) is 18.9. The minimum Gasteiger partial charge on any atom is -0.488 e. The maximum atomic E-state index is 12.5. The van der Waals surface area contributed by atoms with E-state index in [-0.39, 0.29) is 12.3 Å². The smallest absolute Gasteiger partial charge is 0.244 e. The van der Waals surface area contributed by atoms with Gasteiger partial charge in [-0.05, 0) is 59.5 Å². The van der Waals surface area contributed by atoms with Crippen LogP contribution in [0, 0.1) is 13.8 Å². The van der Waals surface area contributed by atoms with E-state index in [1.54, 1.807) is 18.3 Å². The van der Waals surface area contributed by atoms with Crippen LogP contribution in [0.1, 0.15) is 27.8 Å². The summed E-state index contributed by atoms with van der Waals surface area (Å²) in [6, 6.07) is 23.3. The standard InChI is InChI=1S/C28H24Cl2N2O2/c1-18-7-9-22(19(2)13-18)15-28(33)32-31-16-24-23-6-4-3-5-21(23)10-12-27(24)34-17-20-8-11-25(29)26(30)14-20/h3-14,16H,15,17H2,1-2H3,(H,32,33)/b31-16+. The van der Waals surface area contributed by atoms with Crippen molar-refractivity contribution in [2.75, 3.05) is 0 Å². The lowest BCUT2D eigenvalue weighted by molar-refractivity contribution is -0.120. The first-order valence-electron chi connectivity index (χ1n) is 10.9. The van der Waals surface area contributed by atoms with Crippen molar-refractivity contribution in [3.05, 3.63) is 111 Å². The molecule has 0 saturated carbocycles. The van der Waals surface area contributed by atoms with Crippen LogP contribution in [0.15, 0.2) is 77.9 Å². The van der Waals surface area contributed by atoms with Crippen LogP contribution in [0.4, 0.5) is 0 Å². The van der Waals surface area contributed by atoms with Crippen LogP contribution in [0.5, 0.6) is 5.75 Å². The van der Waals surface area contributed by atoms with E-state index in [1.165, 1.54) is 5.56 Å². The third-order valence-corrected chi connectivity index (χ3v) is 6.28. The van der Waals surface area contributed by atoms with Crippen molar-refractivity contribution in [1.82, 2.24) is 5.43 Å². The Balaban J connectivity index is 1.53. The predicted octanol–water partition coefficient (Wildman–Crippen LogP) is 7.04. The van der Waals surface area contributed by atoms with E-state index in [1.807, 2.05) is 68.4 Å². The zero-order valence-corrected chi connectivity index (χ0v) is 20.5. The SMILES string of the molecule is Cc1ccc(CC(=O)N/N=C/c2c(OCc3ccc(Cl)c(Cl)c3)ccc3ccccc23)c(C)c1. The first-order chi connectivity index (χ1) is 16.4. The van der Waals surface area contributed by atoms with Gasteiger partial charge in [0.05, 0.1) is 22.7 Å². The van der Waals surface area contributed by atoms with Crippen molar-refractivity contribution in [1.29, 1.82) is 0 Å². The number of carbonyl (C=O) groups excluding carboxylic acids is 1. The normalized spacial score (nSPS) is 11.2. The van der Waals surface area contributed by atoms with Gasteiger partial charge >= 0.3 is 0 Å². The summed E-state index contributed by atoms with van der Waals surface area (Å²) in [6.07, 6.45) is 1.89. The summed E-state index contributed by atoms with van der Waals surface area (Å²) >= 11 is 12.1. The minimum absolute atomic E-state index is 0.179. The van der Waals surface area contributed by atoms with Crippen molar-refractivity contribution >= 4 is 46.1 Å². The second-order valence-electron chi connectivity index (χ2n) is 8.14. The number of ether oxygens (including phenoxy) is 1. The second-order valence-corrected chi connectivity index (χ2v) is 8.95. The molecule has 0 unspecified atom stereocenters. The number of aryl methyl sites for hydroxylation is 2. The molecule has 172 valence electrons. The molecule has 0 heterocycles. The molecule has 0 spiro atoms. The molecule has 4 aromatic rings. The summed E-state index contributed by atoms with van der Waals surface area (Å²) in [5.41, 5.74) is 7.56. The highest BCUT2D eigenvalue weighted by atomic mass is 35.5. The fraction of sp³-hybridized carbons (Fsp3) is 0.143. The Morgan fingerprint density at radius 1 is 0.971 bits per heavy atom. The fourth-order valence-corrected chi connectivity index (χ4v) is 4.07. The molecule has 0 saturated heterocycles. The topological polar surface area (TPSA) is 50.7 Å². The number of halogens is 2. The average Bonchev–Trinajstić information content (AvgIpc) is 2.82. The largest absolute Gasteiger partial charge is 0.488 e. The van der Waals surface area contributed by atoms with Gasteiger partial charge in [0.1, 0.15) is 12.4 Å². The Bertz CT molecular complexity index is 1380. The van der Waals surface area contributed by atoms with Crippen LogP contribution in [0.25, 0.3) is 10.8 Å². The van der Waals surface area contributed by atoms with Crippen LogP contribution in [-0.4, -0.2) is 12.1 Å². The van der Waals surface area contributed by atoms with E-state index in [0.717, 1.165) is 33.0 Å². The summed E-state index contributed by atoms with van der Waals surface area (Å²) < 4.78 is 6.10. The number of fused-ring (bicyclic) bond motifs is 1. The number of hydrogen-bond donors (Lipinski definition) is 1. The highest BCUT2D eigenvalue weighted by Gasteiger charge is 2.10. The monoisotopic (exact) mass is 490 g/mol. The molecule has 0 aromatic heterocycles. The minimum atomic E-state index is -0.179. The van der Waals surface area contributed by atoms with Crippen molar-refractivity contribution in [3.63, 3.8) is 0 Å². The number of carbonyl (C=O) groups is 1. The van der Waals surface area contributed by atoms with Gasteiger partial charge in [0.2, 0.25) is 5.91 Å². The molecular formula is C28H24Cl2N2O2. The molecule has 4 aromatic carbocycles. The van der Waals surface area contributed by atoms with Crippen molar-refractivity contribution in [3.8, 4) is 5.75 Å². The second kappa shape index (κ2) is 10.7. The van der Waals surface area contributed by atoms with E-state index in [2.05, 4.69) is 16.6 Å². The number of hydrogen-bond acceptors (Lipinski definition) is 3. The van der Waals surface area contributed by atoms with E-state index in [4.69, 9.17) is 27.9 Å². The summed E-state index contributed by atoms with van der Waals surface area (Å²) in [5, 5.41) is 7.24. The van der Waals surface area contributed by atoms with Gasteiger partial charge in [-0.3, -0.25) is 4.79 Å². The molecule has 0 atom stereocenters. The molecule has 4 rings (SSSR count). The van der Waals surface area contributed by atoms with Crippen molar-refractivity contribution in [2.24, 2.45) is 5.10 Å². The molecular weight excluding hydrogens is 467 g/mol. The molecule has 0 aliphatic rings. The number of nitrogens with zero attached hydrogens (tertiary/aromatic N) is 1. The molecule has 4 nitrogen and oxygen atoms in total. The molecule has 1 amide bonds. The lowest BCUT2D eigenvalue weighted by Gasteiger charge is -2.12. The molecule has 1 N–H and O–H groups in total. The van der Waals surface area contributed by atoms with Gasteiger partial charge < -0.3 is 4.74 Å². The molecule has 0 radical (unpaired) electrons. The third-order valence-electron chi connectivity index (χ3n) is 5.54. The van der Waals surface area contributed by atoms with Crippen molar-refractivity contribution in [2.45, 2.75) is 26.9 Å². The van der Waals surface area contributed by atoms with Gasteiger partial charge in [-0.15, -0.1) is 0 Å². The number of hydrazone groups is 1. The van der Waals surface area contributed by atoms with E-state index in [9.17, 15) is 4.79 Å². The Morgan fingerprint density at radius 3 is 2.59 bits per heavy atom. The molecule has 0 aliphatic carbocycles. The number of rotatable bonds is 7. The maximum absolute atomic E-state index is 12.5. The van der Waals surface area contributed by atoms with Crippen LogP contribution in [0.2, 0.25) is 10.0 Å². The van der Waals surface area contributed by atoms with E-state index < -0.39 is 0 Å².